The van der Waals surface area contributed by atoms with Crippen molar-refractivity contribution >= 4 is 29.1 Å². The zero-order chi connectivity index (χ0) is 9.90. The highest BCUT2D eigenvalue weighted by atomic mass is 32.2. The van der Waals surface area contributed by atoms with E-state index in [9.17, 15) is 4.79 Å². The Morgan fingerprint density at radius 1 is 1.85 bits per heavy atom. The first kappa shape index (κ1) is 10.5. The molecule has 0 saturated heterocycles. The summed E-state index contributed by atoms with van der Waals surface area (Å²) in [5.41, 5.74) is 1.60. The van der Waals surface area contributed by atoms with Crippen LogP contribution < -0.4 is 0 Å². The van der Waals surface area contributed by atoms with Gasteiger partial charge >= 0.3 is 5.97 Å². The minimum Gasteiger partial charge on any atom is -0.480 e. The standard InChI is InChI=1S/C7H10N2O2S2/c1-3-7(2,5(10)11)13-6-9-8-4-12-6/h4H,3H2,1-2H3,(H,10,11). The third-order valence-corrected chi connectivity index (χ3v) is 3.97. The highest BCUT2D eigenvalue weighted by molar-refractivity contribution is 8.03. The number of carboxylic acids is 1. The number of carboxylic acid groups (broad SMARTS) is 1. The Balaban J connectivity index is 2.75. The molecule has 1 rings (SSSR count). The first-order valence-electron chi connectivity index (χ1n) is 3.77. The number of aliphatic carboxylic acids is 1. The highest BCUT2D eigenvalue weighted by Crippen LogP contribution is 2.35. The van der Waals surface area contributed by atoms with Crippen LogP contribution in [0.5, 0.6) is 0 Å². The second-order valence-electron chi connectivity index (χ2n) is 2.70. The van der Waals surface area contributed by atoms with Crippen molar-refractivity contribution in [2.24, 2.45) is 0 Å². The quantitative estimate of drug-likeness (QED) is 0.782. The number of thioether (sulfide) groups is 1. The number of hydrogen-bond acceptors (Lipinski definition) is 5. The molecule has 0 bridgehead atoms. The first-order chi connectivity index (χ1) is 6.08. The summed E-state index contributed by atoms with van der Waals surface area (Å²) in [5, 5.41) is 16.4. The van der Waals surface area contributed by atoms with Gasteiger partial charge in [0, 0.05) is 0 Å². The van der Waals surface area contributed by atoms with Gasteiger partial charge in [-0.2, -0.15) is 0 Å². The number of hydrogen-bond donors (Lipinski definition) is 1. The van der Waals surface area contributed by atoms with E-state index >= 15 is 0 Å². The average Bonchev–Trinajstić information content (AvgIpc) is 2.56. The van der Waals surface area contributed by atoms with Crippen LogP contribution >= 0.6 is 23.1 Å². The number of carbonyl (C=O) groups is 1. The molecule has 1 heterocycles. The summed E-state index contributed by atoms with van der Waals surface area (Å²) in [6.45, 7) is 3.55. The lowest BCUT2D eigenvalue weighted by Gasteiger charge is -2.19. The second-order valence-corrected chi connectivity index (χ2v) is 5.28. The summed E-state index contributed by atoms with van der Waals surface area (Å²) in [7, 11) is 0. The van der Waals surface area contributed by atoms with Gasteiger partial charge in [0.05, 0.1) is 0 Å². The molecule has 0 amide bonds. The lowest BCUT2D eigenvalue weighted by atomic mass is 10.1. The lowest BCUT2D eigenvalue weighted by molar-refractivity contribution is -0.139. The maximum atomic E-state index is 10.9. The predicted molar refractivity (Wildman–Crippen MR) is 52.1 cm³/mol. The van der Waals surface area contributed by atoms with Crippen LogP contribution in [0.15, 0.2) is 9.85 Å². The molecule has 4 nitrogen and oxygen atoms in total. The van der Waals surface area contributed by atoms with E-state index in [2.05, 4.69) is 10.2 Å². The van der Waals surface area contributed by atoms with E-state index in [-0.39, 0.29) is 0 Å². The van der Waals surface area contributed by atoms with Crippen molar-refractivity contribution in [1.82, 2.24) is 10.2 Å². The van der Waals surface area contributed by atoms with Gasteiger partial charge in [-0.25, -0.2) is 0 Å². The van der Waals surface area contributed by atoms with Gasteiger partial charge in [0.2, 0.25) is 0 Å². The van der Waals surface area contributed by atoms with Crippen LogP contribution in [0.1, 0.15) is 20.3 Å². The molecule has 1 atom stereocenters. The van der Waals surface area contributed by atoms with Crippen LogP contribution in [0.2, 0.25) is 0 Å². The molecular weight excluding hydrogens is 208 g/mol. The van der Waals surface area contributed by atoms with Crippen molar-refractivity contribution in [1.29, 1.82) is 0 Å². The van der Waals surface area contributed by atoms with Crippen molar-refractivity contribution in [3.63, 3.8) is 0 Å². The molecule has 0 aliphatic carbocycles. The molecule has 0 aliphatic rings. The smallest absolute Gasteiger partial charge is 0.319 e. The molecule has 1 unspecified atom stereocenters. The summed E-state index contributed by atoms with van der Waals surface area (Å²) >= 11 is 2.61. The topological polar surface area (TPSA) is 63.1 Å². The Kier molecular flexibility index (Phi) is 3.27. The van der Waals surface area contributed by atoms with Gasteiger partial charge < -0.3 is 5.11 Å². The molecule has 72 valence electrons. The summed E-state index contributed by atoms with van der Waals surface area (Å²) in [6.07, 6.45) is 0.562. The Labute approximate surface area is 84.4 Å². The summed E-state index contributed by atoms with van der Waals surface area (Å²) in [6, 6.07) is 0. The van der Waals surface area contributed by atoms with Gasteiger partial charge in [0.25, 0.3) is 0 Å². The van der Waals surface area contributed by atoms with E-state index < -0.39 is 10.7 Å². The van der Waals surface area contributed by atoms with Crippen LogP contribution in [0, 0.1) is 0 Å². The van der Waals surface area contributed by atoms with Crippen LogP contribution in [-0.2, 0) is 4.79 Å². The predicted octanol–water partition coefficient (Wildman–Crippen LogP) is 1.88. The molecule has 1 aromatic heterocycles. The van der Waals surface area contributed by atoms with Crippen molar-refractivity contribution in [2.45, 2.75) is 29.4 Å². The molecule has 0 fully saturated rings. The summed E-state index contributed by atoms with van der Waals surface area (Å²) in [5.74, 6) is -0.810. The maximum absolute atomic E-state index is 10.9. The molecule has 1 aromatic rings. The fraction of sp³-hybridized carbons (Fsp3) is 0.571. The van der Waals surface area contributed by atoms with E-state index in [4.69, 9.17) is 5.11 Å². The van der Waals surface area contributed by atoms with Gasteiger partial charge in [-0.3, -0.25) is 4.79 Å². The van der Waals surface area contributed by atoms with Gasteiger partial charge in [-0.1, -0.05) is 30.0 Å². The molecule has 0 aliphatic heterocycles. The molecule has 1 N–H and O–H groups in total. The van der Waals surface area contributed by atoms with Gasteiger partial charge in [0.15, 0.2) is 4.34 Å². The molecule has 0 radical (unpaired) electrons. The average molecular weight is 218 g/mol. The Hall–Kier alpha value is -0.620. The van der Waals surface area contributed by atoms with Crippen LogP contribution in [-0.4, -0.2) is 26.0 Å². The molecule has 0 saturated carbocycles. The monoisotopic (exact) mass is 218 g/mol. The Bertz CT molecular complexity index is 289. The van der Waals surface area contributed by atoms with Gasteiger partial charge in [0.1, 0.15) is 10.3 Å². The number of rotatable bonds is 4. The van der Waals surface area contributed by atoms with Crippen molar-refractivity contribution in [3.05, 3.63) is 5.51 Å². The largest absolute Gasteiger partial charge is 0.480 e. The van der Waals surface area contributed by atoms with Crippen LogP contribution in [0.4, 0.5) is 0 Å². The van der Waals surface area contributed by atoms with Gasteiger partial charge in [-0.05, 0) is 13.3 Å². The van der Waals surface area contributed by atoms with Crippen LogP contribution in [0.3, 0.4) is 0 Å². The Morgan fingerprint density at radius 2 is 2.54 bits per heavy atom. The van der Waals surface area contributed by atoms with E-state index in [0.717, 1.165) is 0 Å². The van der Waals surface area contributed by atoms with Crippen molar-refractivity contribution in [2.75, 3.05) is 0 Å². The second kappa shape index (κ2) is 4.06. The highest BCUT2D eigenvalue weighted by Gasteiger charge is 2.33. The minimum absolute atomic E-state index is 0.562. The number of aromatic nitrogens is 2. The summed E-state index contributed by atoms with van der Waals surface area (Å²) < 4.78 is -0.0914. The first-order valence-corrected chi connectivity index (χ1v) is 5.46. The fourth-order valence-corrected chi connectivity index (χ4v) is 2.52. The zero-order valence-electron chi connectivity index (χ0n) is 7.35. The maximum Gasteiger partial charge on any atom is 0.319 e. The normalized spacial score (nSPS) is 15.2. The van der Waals surface area contributed by atoms with Crippen LogP contribution in [0.25, 0.3) is 0 Å². The fourth-order valence-electron chi connectivity index (χ4n) is 0.667. The molecule has 0 spiro atoms. The number of nitrogens with zero attached hydrogens (tertiary/aromatic N) is 2. The van der Waals surface area contributed by atoms with Crippen molar-refractivity contribution < 1.29 is 9.90 Å². The molecule has 6 heteroatoms. The zero-order valence-corrected chi connectivity index (χ0v) is 8.98. The third kappa shape index (κ3) is 2.41. The van der Waals surface area contributed by atoms with E-state index in [1.165, 1.54) is 23.1 Å². The SMILES string of the molecule is CCC(C)(Sc1nncs1)C(=O)O. The third-order valence-electron chi connectivity index (χ3n) is 1.78. The van der Waals surface area contributed by atoms with E-state index in [1.807, 2.05) is 6.92 Å². The van der Waals surface area contributed by atoms with E-state index in [0.29, 0.717) is 10.8 Å². The summed E-state index contributed by atoms with van der Waals surface area (Å²) in [4.78, 5) is 10.9. The van der Waals surface area contributed by atoms with Crippen molar-refractivity contribution in [3.8, 4) is 0 Å². The van der Waals surface area contributed by atoms with Gasteiger partial charge in [-0.15, -0.1) is 10.2 Å². The molecule has 13 heavy (non-hydrogen) atoms. The van der Waals surface area contributed by atoms with E-state index in [1.54, 1.807) is 12.4 Å². The lowest BCUT2D eigenvalue weighted by Crippen LogP contribution is -2.30. The molecule has 0 aromatic carbocycles. The minimum atomic E-state index is -0.810. The molecular formula is C7H10N2O2S2. The Morgan fingerprint density at radius 3 is 2.92 bits per heavy atom.